The first kappa shape index (κ1) is 15.2. The maximum Gasteiger partial charge on any atom is 0.230 e. The van der Waals surface area contributed by atoms with Gasteiger partial charge in [-0.3, -0.25) is 10.1 Å². The van der Waals surface area contributed by atoms with Crippen molar-refractivity contribution in [1.82, 2.24) is 10.2 Å². The average Bonchev–Trinajstić information content (AvgIpc) is 2.33. The number of hydrogen-bond donors (Lipinski definition) is 2. The highest BCUT2D eigenvalue weighted by Gasteiger charge is 2.39. The molecule has 2 unspecified atom stereocenters. The summed E-state index contributed by atoms with van der Waals surface area (Å²) < 4.78 is 0. The van der Waals surface area contributed by atoms with Crippen molar-refractivity contribution >= 4 is 5.91 Å². The van der Waals surface area contributed by atoms with E-state index in [1.54, 1.807) is 0 Å². The van der Waals surface area contributed by atoms with Gasteiger partial charge in [0.05, 0.1) is 18.8 Å². The Bertz CT molecular complexity index is 312. The molecule has 4 nitrogen and oxygen atoms in total. The number of amides is 1. The van der Waals surface area contributed by atoms with Gasteiger partial charge in [-0.15, -0.1) is 0 Å². The van der Waals surface area contributed by atoms with Crippen molar-refractivity contribution < 1.29 is 4.79 Å². The van der Waals surface area contributed by atoms with Gasteiger partial charge >= 0.3 is 0 Å². The Morgan fingerprint density at radius 3 is 2.78 bits per heavy atom. The van der Waals surface area contributed by atoms with Crippen LogP contribution in [0.4, 0.5) is 0 Å². The summed E-state index contributed by atoms with van der Waals surface area (Å²) >= 11 is 0. The van der Waals surface area contributed by atoms with Crippen LogP contribution in [0.2, 0.25) is 0 Å². The fourth-order valence-corrected chi connectivity index (χ4v) is 2.22. The fraction of sp³-hybridized carbons (Fsp3) is 0.786. The van der Waals surface area contributed by atoms with Gasteiger partial charge in [-0.2, -0.15) is 0 Å². The van der Waals surface area contributed by atoms with Gasteiger partial charge < -0.3 is 10.6 Å². The lowest BCUT2D eigenvalue weighted by atomic mass is 9.91. The minimum atomic E-state index is -0.216. The van der Waals surface area contributed by atoms with Gasteiger partial charge in [-0.1, -0.05) is 19.1 Å². The zero-order valence-corrected chi connectivity index (χ0v) is 12.1. The third kappa shape index (κ3) is 3.33. The highest BCUT2D eigenvalue weighted by atomic mass is 16.2. The first-order valence-corrected chi connectivity index (χ1v) is 6.85. The second kappa shape index (κ2) is 6.34. The maximum absolute atomic E-state index is 12.5. The maximum atomic E-state index is 12.5. The Hall–Kier alpha value is -0.870. The summed E-state index contributed by atoms with van der Waals surface area (Å²) in [7, 11) is 0. The largest absolute Gasteiger partial charge is 0.324 e. The highest BCUT2D eigenvalue weighted by molar-refractivity contribution is 5.81. The second-order valence-corrected chi connectivity index (χ2v) is 5.57. The summed E-state index contributed by atoms with van der Waals surface area (Å²) in [6.07, 6.45) is 6.55. The van der Waals surface area contributed by atoms with E-state index in [1.807, 2.05) is 17.9 Å². The van der Waals surface area contributed by atoms with E-state index in [0.717, 1.165) is 19.3 Å². The lowest BCUT2D eigenvalue weighted by molar-refractivity contribution is -0.147. The molecule has 4 heteroatoms. The molecule has 1 saturated heterocycles. The molecule has 0 spiro atoms. The smallest absolute Gasteiger partial charge is 0.230 e. The van der Waals surface area contributed by atoms with Crippen LogP contribution in [0.15, 0.2) is 12.2 Å². The molecule has 1 rings (SSSR count). The minimum absolute atomic E-state index is 0.108. The van der Waals surface area contributed by atoms with Crippen LogP contribution in [0, 0.1) is 5.92 Å². The van der Waals surface area contributed by atoms with E-state index in [-0.39, 0.29) is 23.5 Å². The number of allylic oxidation sites excluding steroid dienone is 2. The van der Waals surface area contributed by atoms with Crippen molar-refractivity contribution in [2.45, 2.75) is 58.7 Å². The molecule has 1 amide bonds. The van der Waals surface area contributed by atoms with Crippen molar-refractivity contribution in [2.75, 3.05) is 6.67 Å². The van der Waals surface area contributed by atoms with E-state index in [1.165, 1.54) is 0 Å². The third-order valence-electron chi connectivity index (χ3n) is 3.98. The predicted octanol–water partition coefficient (Wildman–Crippen LogP) is 1.82. The normalized spacial score (nSPS) is 26.1. The van der Waals surface area contributed by atoms with Gasteiger partial charge in [0.1, 0.15) is 0 Å². The van der Waals surface area contributed by atoms with Crippen LogP contribution in [0.3, 0.4) is 0 Å². The number of hydrogen-bond acceptors (Lipinski definition) is 3. The van der Waals surface area contributed by atoms with E-state index < -0.39 is 0 Å². The lowest BCUT2D eigenvalue weighted by Gasteiger charge is -2.45. The van der Waals surface area contributed by atoms with E-state index in [0.29, 0.717) is 6.67 Å². The van der Waals surface area contributed by atoms with Crippen molar-refractivity contribution in [2.24, 2.45) is 11.7 Å². The second-order valence-electron chi connectivity index (χ2n) is 5.57. The Morgan fingerprint density at radius 2 is 2.22 bits per heavy atom. The number of rotatable bonds is 5. The first-order valence-electron chi connectivity index (χ1n) is 6.85. The summed E-state index contributed by atoms with van der Waals surface area (Å²) in [5.41, 5.74) is 5.91. The van der Waals surface area contributed by atoms with Gasteiger partial charge in [-0.05, 0) is 40.0 Å². The lowest BCUT2D eigenvalue weighted by Crippen LogP contribution is -2.64. The fourth-order valence-electron chi connectivity index (χ4n) is 2.22. The first-order chi connectivity index (χ1) is 8.44. The Morgan fingerprint density at radius 1 is 1.56 bits per heavy atom. The van der Waals surface area contributed by atoms with E-state index in [4.69, 9.17) is 5.73 Å². The van der Waals surface area contributed by atoms with Crippen LogP contribution in [0.1, 0.15) is 47.0 Å². The van der Waals surface area contributed by atoms with Crippen LogP contribution in [-0.4, -0.2) is 29.2 Å². The molecule has 0 bridgehead atoms. The molecule has 1 aliphatic heterocycles. The van der Waals surface area contributed by atoms with Crippen LogP contribution in [0.5, 0.6) is 0 Å². The van der Waals surface area contributed by atoms with Gasteiger partial charge in [-0.25, -0.2) is 0 Å². The number of carbonyl (C=O) groups is 1. The van der Waals surface area contributed by atoms with Crippen LogP contribution in [0.25, 0.3) is 0 Å². The van der Waals surface area contributed by atoms with E-state index in [2.05, 4.69) is 32.2 Å². The predicted molar refractivity (Wildman–Crippen MR) is 74.7 cm³/mol. The molecule has 0 aromatic carbocycles. The molecule has 2 atom stereocenters. The molecule has 0 aliphatic carbocycles. The quantitative estimate of drug-likeness (QED) is 0.735. The van der Waals surface area contributed by atoms with Gasteiger partial charge in [0.2, 0.25) is 5.91 Å². The van der Waals surface area contributed by atoms with E-state index in [9.17, 15) is 4.79 Å². The molecule has 1 heterocycles. The molecular weight excluding hydrogens is 226 g/mol. The summed E-state index contributed by atoms with van der Waals surface area (Å²) in [4.78, 5) is 14.4. The number of nitrogens with one attached hydrogen (secondary N) is 1. The van der Waals surface area contributed by atoms with Gasteiger partial charge in [0, 0.05) is 5.54 Å². The Balaban J connectivity index is 2.74. The number of carbonyl (C=O) groups excluding carboxylic acids is 1. The monoisotopic (exact) mass is 253 g/mol. The number of nitrogens with two attached hydrogens (primary N) is 1. The summed E-state index contributed by atoms with van der Waals surface area (Å²) in [6, 6.07) is 0. The van der Waals surface area contributed by atoms with Crippen LogP contribution < -0.4 is 11.1 Å². The SMILES string of the molecule is C/C=C\CCC1C(=O)N(C(C)(C)CC)CNC1N. The van der Waals surface area contributed by atoms with E-state index >= 15 is 0 Å². The number of nitrogens with zero attached hydrogens (tertiary/aromatic N) is 1. The highest BCUT2D eigenvalue weighted by Crippen LogP contribution is 2.25. The van der Waals surface area contributed by atoms with Crippen molar-refractivity contribution in [3.63, 3.8) is 0 Å². The molecule has 1 aliphatic rings. The molecule has 0 aromatic rings. The van der Waals surface area contributed by atoms with Crippen molar-refractivity contribution in [3.05, 3.63) is 12.2 Å². The molecule has 0 saturated carbocycles. The zero-order chi connectivity index (χ0) is 13.8. The molecule has 1 fully saturated rings. The van der Waals surface area contributed by atoms with Gasteiger partial charge in [0.15, 0.2) is 0 Å². The molecular formula is C14H27N3O. The topological polar surface area (TPSA) is 58.4 Å². The van der Waals surface area contributed by atoms with Crippen LogP contribution in [-0.2, 0) is 4.79 Å². The standard InChI is InChI=1S/C14H27N3O/c1-5-7-8-9-11-12(15)16-10-17(13(11)18)14(3,4)6-2/h5,7,11-12,16H,6,8-10,15H2,1-4H3/b7-5-. The molecule has 0 aromatic heterocycles. The van der Waals surface area contributed by atoms with Gasteiger partial charge in [0.25, 0.3) is 0 Å². The molecule has 3 N–H and O–H groups in total. The zero-order valence-electron chi connectivity index (χ0n) is 12.1. The molecule has 0 radical (unpaired) electrons. The Labute approximate surface area is 111 Å². The summed E-state index contributed by atoms with van der Waals surface area (Å²) in [5, 5.41) is 3.24. The minimum Gasteiger partial charge on any atom is -0.324 e. The average molecular weight is 253 g/mol. The summed E-state index contributed by atoms with van der Waals surface area (Å²) in [6.45, 7) is 8.86. The Kier molecular flexibility index (Phi) is 5.35. The van der Waals surface area contributed by atoms with Crippen LogP contribution >= 0.6 is 0 Å². The van der Waals surface area contributed by atoms with Crippen molar-refractivity contribution in [3.8, 4) is 0 Å². The molecule has 18 heavy (non-hydrogen) atoms. The third-order valence-corrected chi connectivity index (χ3v) is 3.98. The van der Waals surface area contributed by atoms with Crippen molar-refractivity contribution in [1.29, 1.82) is 0 Å². The molecule has 104 valence electrons. The summed E-state index contributed by atoms with van der Waals surface area (Å²) in [5.74, 6) is 0.0818.